The molecule has 0 aliphatic heterocycles. The Morgan fingerprint density at radius 3 is 2.13 bits per heavy atom. The summed E-state index contributed by atoms with van der Waals surface area (Å²) in [5.41, 5.74) is 9.43. The van der Waals surface area contributed by atoms with Crippen LogP contribution in [-0.2, 0) is 0 Å². The molecular formula is C12H20ClNO. The molecular weight excluding hydrogens is 210 g/mol. The number of rotatable bonds is 3. The molecule has 0 saturated heterocycles. The highest BCUT2D eigenvalue weighted by molar-refractivity contribution is 5.85. The van der Waals surface area contributed by atoms with E-state index in [-0.39, 0.29) is 18.4 Å². The summed E-state index contributed by atoms with van der Waals surface area (Å²) in [5, 5.41) is 9.39. The summed E-state index contributed by atoms with van der Waals surface area (Å²) in [4.78, 5) is 0. The van der Waals surface area contributed by atoms with Crippen LogP contribution in [0.4, 0.5) is 0 Å². The molecule has 0 heterocycles. The molecule has 0 saturated carbocycles. The minimum atomic E-state index is 0. The van der Waals surface area contributed by atoms with Crippen LogP contribution < -0.4 is 5.73 Å². The van der Waals surface area contributed by atoms with Gasteiger partial charge >= 0.3 is 0 Å². The number of hydrogen-bond donors (Lipinski definition) is 2. The highest BCUT2D eigenvalue weighted by atomic mass is 35.5. The van der Waals surface area contributed by atoms with Crippen molar-refractivity contribution < 1.29 is 5.11 Å². The van der Waals surface area contributed by atoms with E-state index in [0.29, 0.717) is 5.75 Å². The summed E-state index contributed by atoms with van der Waals surface area (Å²) < 4.78 is 0. The summed E-state index contributed by atoms with van der Waals surface area (Å²) in [6.07, 6.45) is 2.08. The molecule has 1 atom stereocenters. The lowest BCUT2D eigenvalue weighted by Gasteiger charge is -2.17. The first-order chi connectivity index (χ1) is 6.56. The van der Waals surface area contributed by atoms with Crippen molar-refractivity contribution >= 4 is 12.4 Å². The minimum Gasteiger partial charge on any atom is -0.508 e. The molecule has 3 N–H and O–H groups in total. The highest BCUT2D eigenvalue weighted by Crippen LogP contribution is 2.27. The zero-order valence-electron chi connectivity index (χ0n) is 9.58. The quantitative estimate of drug-likeness (QED) is 0.836. The fraction of sp³-hybridized carbons (Fsp3) is 0.500. The molecule has 15 heavy (non-hydrogen) atoms. The topological polar surface area (TPSA) is 46.2 Å². The summed E-state index contributed by atoms with van der Waals surface area (Å²) in [6.45, 7) is 6.13. The monoisotopic (exact) mass is 229 g/mol. The Morgan fingerprint density at radius 1 is 1.27 bits per heavy atom. The lowest BCUT2D eigenvalue weighted by molar-refractivity contribution is 0.473. The molecule has 1 aromatic rings. The molecule has 0 bridgehead atoms. The average molecular weight is 230 g/mol. The molecule has 1 rings (SSSR count). The van der Waals surface area contributed by atoms with Gasteiger partial charge in [-0.25, -0.2) is 0 Å². The lowest BCUT2D eigenvalue weighted by atomic mass is 9.94. The summed E-state index contributed by atoms with van der Waals surface area (Å²) in [7, 11) is 0. The SMILES string of the molecule is CCC[C@@H](N)c1c(C)cc(O)cc1C.Cl. The van der Waals surface area contributed by atoms with Gasteiger partial charge in [0.15, 0.2) is 0 Å². The molecule has 2 nitrogen and oxygen atoms in total. The van der Waals surface area contributed by atoms with Crippen molar-refractivity contribution in [1.29, 1.82) is 0 Å². The van der Waals surface area contributed by atoms with Crippen molar-refractivity contribution in [2.75, 3.05) is 0 Å². The van der Waals surface area contributed by atoms with Crippen molar-refractivity contribution in [3.63, 3.8) is 0 Å². The molecule has 0 spiro atoms. The molecule has 0 radical (unpaired) electrons. The van der Waals surface area contributed by atoms with E-state index in [1.54, 1.807) is 12.1 Å². The van der Waals surface area contributed by atoms with E-state index < -0.39 is 0 Å². The van der Waals surface area contributed by atoms with Crippen LogP contribution in [-0.4, -0.2) is 5.11 Å². The summed E-state index contributed by atoms with van der Waals surface area (Å²) >= 11 is 0. The first-order valence-electron chi connectivity index (χ1n) is 5.12. The number of phenolic OH excluding ortho intramolecular Hbond substituents is 1. The van der Waals surface area contributed by atoms with Gasteiger partial charge in [-0.15, -0.1) is 12.4 Å². The fourth-order valence-electron chi connectivity index (χ4n) is 1.99. The third-order valence-electron chi connectivity index (χ3n) is 2.55. The smallest absolute Gasteiger partial charge is 0.116 e. The summed E-state index contributed by atoms with van der Waals surface area (Å²) in [6, 6.07) is 3.65. The normalized spacial score (nSPS) is 12.0. The second-order valence-electron chi connectivity index (χ2n) is 3.89. The maximum atomic E-state index is 9.39. The van der Waals surface area contributed by atoms with Gasteiger partial charge in [0.2, 0.25) is 0 Å². The van der Waals surface area contributed by atoms with Gasteiger partial charge in [0, 0.05) is 6.04 Å². The van der Waals surface area contributed by atoms with Crippen molar-refractivity contribution in [3.05, 3.63) is 28.8 Å². The predicted octanol–water partition coefficient (Wildman–Crippen LogP) is 3.23. The molecule has 0 amide bonds. The predicted molar refractivity (Wildman–Crippen MR) is 66.7 cm³/mol. The van der Waals surface area contributed by atoms with E-state index in [1.165, 1.54) is 5.56 Å². The average Bonchev–Trinajstić information content (AvgIpc) is 2.01. The van der Waals surface area contributed by atoms with E-state index in [9.17, 15) is 5.11 Å². The molecule has 0 aromatic heterocycles. The van der Waals surface area contributed by atoms with Crippen molar-refractivity contribution in [2.24, 2.45) is 5.73 Å². The first kappa shape index (κ1) is 14.3. The van der Waals surface area contributed by atoms with Gasteiger partial charge in [0.05, 0.1) is 0 Å². The second-order valence-corrected chi connectivity index (χ2v) is 3.89. The van der Waals surface area contributed by atoms with E-state index in [4.69, 9.17) is 5.73 Å². The van der Waals surface area contributed by atoms with E-state index >= 15 is 0 Å². The highest BCUT2D eigenvalue weighted by Gasteiger charge is 2.11. The first-order valence-corrected chi connectivity index (χ1v) is 5.12. The Balaban J connectivity index is 0.00000196. The van der Waals surface area contributed by atoms with Crippen LogP contribution in [0.15, 0.2) is 12.1 Å². The Morgan fingerprint density at radius 2 is 1.73 bits per heavy atom. The number of hydrogen-bond acceptors (Lipinski definition) is 2. The van der Waals surface area contributed by atoms with Crippen LogP contribution in [0.2, 0.25) is 0 Å². The van der Waals surface area contributed by atoms with Crippen LogP contribution in [0.5, 0.6) is 5.75 Å². The van der Waals surface area contributed by atoms with Gasteiger partial charge in [-0.2, -0.15) is 0 Å². The van der Waals surface area contributed by atoms with Gasteiger partial charge in [-0.3, -0.25) is 0 Å². The number of halogens is 1. The number of aryl methyl sites for hydroxylation is 2. The standard InChI is InChI=1S/C12H19NO.ClH/c1-4-5-11(13)12-8(2)6-10(14)7-9(12)3;/h6-7,11,14H,4-5,13H2,1-3H3;1H/t11-;/m1./s1. The molecule has 0 unspecified atom stereocenters. The molecule has 0 aliphatic rings. The number of aromatic hydroxyl groups is 1. The number of phenols is 1. The third kappa shape index (κ3) is 3.40. The van der Waals surface area contributed by atoms with Crippen molar-refractivity contribution in [3.8, 4) is 5.75 Å². The van der Waals surface area contributed by atoms with Crippen LogP contribution in [0.25, 0.3) is 0 Å². The van der Waals surface area contributed by atoms with Crippen molar-refractivity contribution in [1.82, 2.24) is 0 Å². The van der Waals surface area contributed by atoms with E-state index in [2.05, 4.69) is 6.92 Å². The lowest BCUT2D eigenvalue weighted by Crippen LogP contribution is -2.12. The van der Waals surface area contributed by atoms with Gasteiger partial charge in [-0.1, -0.05) is 13.3 Å². The Hall–Kier alpha value is -0.730. The largest absolute Gasteiger partial charge is 0.508 e. The third-order valence-corrected chi connectivity index (χ3v) is 2.55. The Kier molecular flexibility index (Phi) is 5.69. The second kappa shape index (κ2) is 5.99. The number of nitrogens with two attached hydrogens (primary N) is 1. The zero-order valence-corrected chi connectivity index (χ0v) is 10.4. The molecule has 0 fully saturated rings. The van der Waals surface area contributed by atoms with Gasteiger partial charge < -0.3 is 10.8 Å². The molecule has 86 valence electrons. The van der Waals surface area contributed by atoms with Gasteiger partial charge in [0.25, 0.3) is 0 Å². The van der Waals surface area contributed by atoms with Crippen LogP contribution >= 0.6 is 12.4 Å². The Labute approximate surface area is 97.9 Å². The van der Waals surface area contributed by atoms with Gasteiger partial charge in [-0.05, 0) is 49.1 Å². The molecule has 1 aromatic carbocycles. The molecule has 3 heteroatoms. The van der Waals surface area contributed by atoms with Crippen LogP contribution in [0.1, 0.15) is 42.5 Å². The zero-order chi connectivity index (χ0) is 10.7. The summed E-state index contributed by atoms with van der Waals surface area (Å²) in [5.74, 6) is 0.326. The minimum absolute atomic E-state index is 0. The maximum absolute atomic E-state index is 9.39. The molecule has 0 aliphatic carbocycles. The number of benzene rings is 1. The van der Waals surface area contributed by atoms with E-state index in [0.717, 1.165) is 24.0 Å². The fourth-order valence-corrected chi connectivity index (χ4v) is 1.99. The van der Waals surface area contributed by atoms with Crippen LogP contribution in [0, 0.1) is 13.8 Å². The van der Waals surface area contributed by atoms with Gasteiger partial charge in [0.1, 0.15) is 5.75 Å². The Bertz CT molecular complexity index is 302. The maximum Gasteiger partial charge on any atom is 0.116 e. The van der Waals surface area contributed by atoms with Crippen molar-refractivity contribution in [2.45, 2.75) is 39.7 Å². The van der Waals surface area contributed by atoms with E-state index in [1.807, 2.05) is 13.8 Å². The van der Waals surface area contributed by atoms with Crippen LogP contribution in [0.3, 0.4) is 0 Å².